The maximum Gasteiger partial charge on any atom is 0.230 e. The number of fused-ring (bicyclic) bond motifs is 1. The lowest BCUT2D eigenvalue weighted by Crippen LogP contribution is -2.35. The minimum Gasteiger partial charge on any atom is -0.338 e. The second-order valence-electron chi connectivity index (χ2n) is 7.03. The molecule has 1 aliphatic rings. The van der Waals surface area contributed by atoms with Gasteiger partial charge >= 0.3 is 0 Å². The molecule has 1 aliphatic carbocycles. The van der Waals surface area contributed by atoms with E-state index in [4.69, 9.17) is 0 Å². The summed E-state index contributed by atoms with van der Waals surface area (Å²) in [5.41, 5.74) is 3.24. The second-order valence-corrected chi connectivity index (χ2v) is 8.09. The summed E-state index contributed by atoms with van der Waals surface area (Å²) >= 11 is 1.73. The first-order chi connectivity index (χ1) is 11.4. The number of rotatable bonds is 4. The van der Waals surface area contributed by atoms with E-state index in [2.05, 4.69) is 36.0 Å². The molecule has 6 heteroatoms. The number of aromatic nitrogens is 3. The number of carbonyl (C=O) groups is 1. The highest BCUT2D eigenvalue weighted by Crippen LogP contribution is 2.36. The summed E-state index contributed by atoms with van der Waals surface area (Å²) in [5, 5.41) is 8.31. The molecule has 2 aromatic heterocycles. The molecule has 130 valence electrons. The van der Waals surface area contributed by atoms with Crippen LogP contribution in [-0.2, 0) is 11.2 Å². The Balaban J connectivity index is 1.81. The van der Waals surface area contributed by atoms with Gasteiger partial charge in [0.25, 0.3) is 0 Å². The molecule has 5 nitrogen and oxygen atoms in total. The molecule has 0 aromatic carbocycles. The Morgan fingerprint density at radius 1 is 1.42 bits per heavy atom. The number of aryl methyl sites for hydroxylation is 2. The van der Waals surface area contributed by atoms with Crippen molar-refractivity contribution >= 4 is 17.2 Å². The van der Waals surface area contributed by atoms with Gasteiger partial charge in [0.1, 0.15) is 0 Å². The van der Waals surface area contributed by atoms with Crippen LogP contribution in [-0.4, -0.2) is 33.0 Å². The van der Waals surface area contributed by atoms with Gasteiger partial charge in [0.2, 0.25) is 5.91 Å². The molecule has 24 heavy (non-hydrogen) atoms. The van der Waals surface area contributed by atoms with Crippen LogP contribution in [0.1, 0.15) is 78.3 Å². The SMILES string of the molecule is Cc1nc(C(C)C)sc1[C@@H](C)N(C)C(=O)[C@@H]1CCCc2[nH]ncc21. The minimum absolute atomic E-state index is 0.0415. The molecule has 1 N–H and O–H groups in total. The van der Waals surface area contributed by atoms with E-state index < -0.39 is 0 Å². The number of nitrogens with one attached hydrogen (secondary N) is 1. The molecule has 0 fully saturated rings. The first-order valence-corrected chi connectivity index (χ1v) is 9.47. The molecule has 0 saturated heterocycles. The van der Waals surface area contributed by atoms with E-state index in [0.29, 0.717) is 5.92 Å². The van der Waals surface area contributed by atoms with Crippen molar-refractivity contribution in [1.29, 1.82) is 0 Å². The van der Waals surface area contributed by atoms with Crippen LogP contribution < -0.4 is 0 Å². The highest BCUT2D eigenvalue weighted by Gasteiger charge is 2.32. The second kappa shape index (κ2) is 6.67. The molecule has 2 aromatic rings. The van der Waals surface area contributed by atoms with Crippen LogP contribution >= 0.6 is 11.3 Å². The van der Waals surface area contributed by atoms with Crippen LogP contribution in [0, 0.1) is 6.92 Å². The molecule has 2 heterocycles. The predicted octanol–water partition coefficient (Wildman–Crippen LogP) is 3.94. The number of nitrogens with zero attached hydrogens (tertiary/aromatic N) is 3. The van der Waals surface area contributed by atoms with Crippen molar-refractivity contribution in [1.82, 2.24) is 20.1 Å². The van der Waals surface area contributed by atoms with Gasteiger partial charge in [-0.2, -0.15) is 5.10 Å². The normalized spacial score (nSPS) is 18.5. The molecular formula is C18H26N4OS. The summed E-state index contributed by atoms with van der Waals surface area (Å²) in [5.74, 6) is 0.531. The standard InChI is InChI=1S/C18H26N4OS/c1-10(2)17-20-11(3)16(24-17)12(4)22(5)18(23)13-7-6-8-15-14(13)9-19-21-15/h9-10,12-13H,6-8H2,1-5H3,(H,19,21)/t12-,13-/m1/s1. The van der Waals surface area contributed by atoms with Crippen molar-refractivity contribution in [2.24, 2.45) is 0 Å². The van der Waals surface area contributed by atoms with E-state index in [1.807, 2.05) is 25.1 Å². The number of thiazole rings is 1. The van der Waals surface area contributed by atoms with E-state index in [1.165, 1.54) is 4.88 Å². The van der Waals surface area contributed by atoms with Crippen LogP contribution in [0.25, 0.3) is 0 Å². The minimum atomic E-state index is -0.0715. The maximum atomic E-state index is 13.1. The molecule has 0 bridgehead atoms. The van der Waals surface area contributed by atoms with Crippen molar-refractivity contribution in [3.8, 4) is 0 Å². The van der Waals surface area contributed by atoms with Gasteiger partial charge < -0.3 is 4.90 Å². The summed E-state index contributed by atoms with van der Waals surface area (Å²) in [6, 6.07) is 0.0415. The van der Waals surface area contributed by atoms with Crippen LogP contribution in [0.2, 0.25) is 0 Å². The maximum absolute atomic E-state index is 13.1. The number of likely N-dealkylation sites (N-methyl/N-ethyl adjacent to an activating group) is 1. The van der Waals surface area contributed by atoms with Crippen molar-refractivity contribution < 1.29 is 4.79 Å². The molecular weight excluding hydrogens is 320 g/mol. The van der Waals surface area contributed by atoms with Gasteiger partial charge in [0, 0.05) is 29.1 Å². The Hall–Kier alpha value is -1.69. The smallest absolute Gasteiger partial charge is 0.230 e. The molecule has 3 rings (SSSR count). The largest absolute Gasteiger partial charge is 0.338 e. The van der Waals surface area contributed by atoms with Crippen LogP contribution in [0.4, 0.5) is 0 Å². The summed E-state index contributed by atoms with van der Waals surface area (Å²) in [7, 11) is 1.91. The van der Waals surface area contributed by atoms with E-state index in [9.17, 15) is 4.79 Å². The molecule has 2 atom stereocenters. The third-order valence-electron chi connectivity index (χ3n) is 5.00. The van der Waals surface area contributed by atoms with E-state index in [-0.39, 0.29) is 17.9 Å². The zero-order valence-electron chi connectivity index (χ0n) is 15.1. The lowest BCUT2D eigenvalue weighted by molar-refractivity contribution is -0.133. The van der Waals surface area contributed by atoms with E-state index in [1.54, 1.807) is 11.3 Å². The topological polar surface area (TPSA) is 61.9 Å². The third kappa shape index (κ3) is 2.99. The number of H-pyrrole nitrogens is 1. The van der Waals surface area contributed by atoms with Gasteiger partial charge in [-0.1, -0.05) is 13.8 Å². The molecule has 0 radical (unpaired) electrons. The summed E-state index contributed by atoms with van der Waals surface area (Å²) < 4.78 is 0. The number of amides is 1. The third-order valence-corrected chi connectivity index (χ3v) is 6.62. The molecule has 1 amide bonds. The lowest BCUT2D eigenvalue weighted by atomic mass is 9.86. The number of aromatic amines is 1. The first kappa shape index (κ1) is 17.1. The van der Waals surface area contributed by atoms with Gasteiger partial charge in [-0.3, -0.25) is 9.89 Å². The molecule has 0 aliphatic heterocycles. The van der Waals surface area contributed by atoms with Crippen molar-refractivity contribution in [2.75, 3.05) is 7.05 Å². The predicted molar refractivity (Wildman–Crippen MR) is 96.4 cm³/mol. The average Bonchev–Trinajstić information content (AvgIpc) is 3.18. The van der Waals surface area contributed by atoms with Crippen LogP contribution in [0.3, 0.4) is 0 Å². The zero-order chi connectivity index (χ0) is 17.4. The van der Waals surface area contributed by atoms with E-state index >= 15 is 0 Å². The van der Waals surface area contributed by atoms with Gasteiger partial charge in [-0.25, -0.2) is 4.98 Å². The van der Waals surface area contributed by atoms with Crippen LogP contribution in [0.15, 0.2) is 6.20 Å². The number of hydrogen-bond acceptors (Lipinski definition) is 4. The molecule has 0 saturated carbocycles. The zero-order valence-corrected chi connectivity index (χ0v) is 15.9. The van der Waals surface area contributed by atoms with Gasteiger partial charge in [0.15, 0.2) is 0 Å². The highest BCUT2D eigenvalue weighted by molar-refractivity contribution is 7.11. The highest BCUT2D eigenvalue weighted by atomic mass is 32.1. The van der Waals surface area contributed by atoms with Gasteiger partial charge in [-0.05, 0) is 33.1 Å². The summed E-state index contributed by atoms with van der Waals surface area (Å²) in [6.07, 6.45) is 4.75. The Morgan fingerprint density at radius 3 is 2.83 bits per heavy atom. The fraction of sp³-hybridized carbons (Fsp3) is 0.611. The Labute approximate surface area is 147 Å². The Morgan fingerprint density at radius 2 is 2.17 bits per heavy atom. The van der Waals surface area contributed by atoms with Crippen molar-refractivity contribution in [3.63, 3.8) is 0 Å². The van der Waals surface area contributed by atoms with Crippen LogP contribution in [0.5, 0.6) is 0 Å². The van der Waals surface area contributed by atoms with Gasteiger partial charge in [0.05, 0.1) is 28.9 Å². The fourth-order valence-electron chi connectivity index (χ4n) is 3.39. The monoisotopic (exact) mass is 346 g/mol. The fourth-order valence-corrected chi connectivity index (χ4v) is 4.56. The lowest BCUT2D eigenvalue weighted by Gasteiger charge is -2.30. The van der Waals surface area contributed by atoms with Crippen molar-refractivity contribution in [2.45, 2.75) is 64.8 Å². The van der Waals surface area contributed by atoms with E-state index in [0.717, 1.165) is 41.2 Å². The first-order valence-electron chi connectivity index (χ1n) is 8.66. The summed E-state index contributed by atoms with van der Waals surface area (Å²) in [4.78, 5) is 20.9. The quantitative estimate of drug-likeness (QED) is 0.912. The summed E-state index contributed by atoms with van der Waals surface area (Å²) in [6.45, 7) is 8.46. The number of hydrogen-bond donors (Lipinski definition) is 1. The average molecular weight is 347 g/mol. The van der Waals surface area contributed by atoms with Gasteiger partial charge in [-0.15, -0.1) is 11.3 Å². The van der Waals surface area contributed by atoms with Crippen molar-refractivity contribution in [3.05, 3.63) is 33.0 Å². The molecule has 0 spiro atoms. The Kier molecular flexibility index (Phi) is 4.76. The molecule has 0 unspecified atom stereocenters. The number of carbonyl (C=O) groups excluding carboxylic acids is 1. The Bertz CT molecular complexity index is 733.